The van der Waals surface area contributed by atoms with Crippen LogP contribution < -0.4 is 10.2 Å². The molecule has 0 saturated carbocycles. The van der Waals surface area contributed by atoms with Gasteiger partial charge >= 0.3 is 0 Å². The van der Waals surface area contributed by atoms with Crippen LogP contribution >= 0.6 is 31.9 Å². The number of amides is 1. The molecule has 2 rings (SSSR count). The molecular weight excluding hydrogens is 448 g/mol. The normalized spacial score (nSPS) is 10.8. The Morgan fingerprint density at radius 3 is 2.54 bits per heavy atom. The van der Waals surface area contributed by atoms with E-state index in [9.17, 15) is 20.1 Å². The molecule has 0 unspecified atom stereocenters. The minimum Gasteiger partial charge on any atom is -0.504 e. The Balaban J connectivity index is 1.90. The lowest BCUT2D eigenvalue weighted by Crippen LogP contribution is -2.24. The number of hydrazone groups is 1. The van der Waals surface area contributed by atoms with Crippen molar-refractivity contribution < 1.29 is 24.9 Å². The van der Waals surface area contributed by atoms with E-state index in [2.05, 4.69) is 42.4 Å². The van der Waals surface area contributed by atoms with Crippen molar-refractivity contribution in [2.24, 2.45) is 5.10 Å². The topological polar surface area (TPSA) is 111 Å². The van der Waals surface area contributed by atoms with Crippen molar-refractivity contribution in [3.05, 3.63) is 44.8 Å². The molecule has 0 bridgehead atoms. The molecule has 24 heavy (non-hydrogen) atoms. The fraction of sp³-hybridized carbons (Fsp3) is 0.0667. The highest BCUT2D eigenvalue weighted by molar-refractivity contribution is 9.11. The monoisotopic (exact) mass is 458 g/mol. The van der Waals surface area contributed by atoms with Crippen molar-refractivity contribution in [3.63, 3.8) is 0 Å². The lowest BCUT2D eigenvalue weighted by Gasteiger charge is -2.09. The summed E-state index contributed by atoms with van der Waals surface area (Å²) in [5.74, 6) is -1.05. The third-order valence-electron chi connectivity index (χ3n) is 2.74. The van der Waals surface area contributed by atoms with Gasteiger partial charge in [-0.1, -0.05) is 15.9 Å². The summed E-state index contributed by atoms with van der Waals surface area (Å²) in [6, 6.07) is 7.21. The number of phenols is 3. The lowest BCUT2D eigenvalue weighted by atomic mass is 10.2. The van der Waals surface area contributed by atoms with Crippen LogP contribution in [0.4, 0.5) is 0 Å². The Bertz CT molecular complexity index is 772. The standard InChI is InChI=1S/C15H12Br2N2O5/c16-9-4-10(17)15(13(22)5-9)24-7-14(23)19-18-6-8-1-2-11(20)12(21)3-8/h1-6,20-22H,7H2,(H,19,23)/b18-6+. The molecule has 2 aromatic rings. The minimum atomic E-state index is -0.538. The minimum absolute atomic E-state index is 0.118. The Morgan fingerprint density at radius 2 is 1.88 bits per heavy atom. The SMILES string of the molecule is O=C(COc1c(O)cc(Br)cc1Br)N/N=C/c1ccc(O)c(O)c1. The smallest absolute Gasteiger partial charge is 0.277 e. The summed E-state index contributed by atoms with van der Waals surface area (Å²) in [7, 11) is 0. The number of hydrogen-bond acceptors (Lipinski definition) is 6. The van der Waals surface area contributed by atoms with Crippen LogP contribution in [0, 0.1) is 0 Å². The highest BCUT2D eigenvalue weighted by Crippen LogP contribution is 2.37. The molecular formula is C15H12Br2N2O5. The molecule has 0 aliphatic carbocycles. The van der Waals surface area contributed by atoms with E-state index in [0.29, 0.717) is 14.5 Å². The van der Waals surface area contributed by atoms with E-state index in [1.807, 2.05) is 0 Å². The maximum Gasteiger partial charge on any atom is 0.277 e. The van der Waals surface area contributed by atoms with Crippen LogP contribution in [0.2, 0.25) is 0 Å². The molecule has 0 radical (unpaired) electrons. The second-order valence-corrected chi connectivity index (χ2v) is 6.34. The first-order valence-electron chi connectivity index (χ1n) is 6.51. The first-order valence-corrected chi connectivity index (χ1v) is 8.10. The van der Waals surface area contributed by atoms with Crippen LogP contribution in [0.25, 0.3) is 0 Å². The molecule has 1 amide bonds. The van der Waals surface area contributed by atoms with Gasteiger partial charge in [0.2, 0.25) is 0 Å². The average Bonchev–Trinajstić information content (AvgIpc) is 2.49. The van der Waals surface area contributed by atoms with Crippen LogP contribution in [0.3, 0.4) is 0 Å². The van der Waals surface area contributed by atoms with Gasteiger partial charge in [0.05, 0.1) is 10.7 Å². The molecule has 7 nitrogen and oxygen atoms in total. The zero-order valence-electron chi connectivity index (χ0n) is 12.0. The second kappa shape index (κ2) is 8.02. The third-order valence-corrected chi connectivity index (χ3v) is 3.79. The van der Waals surface area contributed by atoms with E-state index in [1.54, 1.807) is 6.07 Å². The number of nitrogens with zero attached hydrogens (tertiary/aromatic N) is 1. The van der Waals surface area contributed by atoms with E-state index < -0.39 is 5.91 Å². The van der Waals surface area contributed by atoms with Crippen molar-refractivity contribution in [1.82, 2.24) is 5.43 Å². The third kappa shape index (κ3) is 4.87. The summed E-state index contributed by atoms with van der Waals surface area (Å²) in [6.45, 7) is -0.355. The van der Waals surface area contributed by atoms with Gasteiger partial charge in [-0.05, 0) is 51.8 Å². The number of halogens is 2. The van der Waals surface area contributed by atoms with Gasteiger partial charge in [-0.3, -0.25) is 4.79 Å². The largest absolute Gasteiger partial charge is 0.504 e. The molecule has 2 aromatic carbocycles. The van der Waals surface area contributed by atoms with Gasteiger partial charge in [-0.2, -0.15) is 5.10 Å². The van der Waals surface area contributed by atoms with Gasteiger partial charge in [0.15, 0.2) is 29.6 Å². The van der Waals surface area contributed by atoms with Gasteiger partial charge in [0.25, 0.3) is 5.91 Å². The van der Waals surface area contributed by atoms with E-state index in [1.165, 1.54) is 30.5 Å². The van der Waals surface area contributed by atoms with Crippen molar-refractivity contribution in [3.8, 4) is 23.0 Å². The Kier molecular flexibility index (Phi) is 6.04. The zero-order valence-corrected chi connectivity index (χ0v) is 15.2. The molecule has 9 heteroatoms. The number of ether oxygens (including phenoxy) is 1. The quantitative estimate of drug-likeness (QED) is 0.312. The Morgan fingerprint density at radius 1 is 1.12 bits per heavy atom. The van der Waals surface area contributed by atoms with Crippen LogP contribution in [-0.2, 0) is 4.79 Å². The molecule has 0 spiro atoms. The summed E-state index contributed by atoms with van der Waals surface area (Å²) in [5, 5.41) is 32.0. The summed E-state index contributed by atoms with van der Waals surface area (Å²) >= 11 is 6.44. The van der Waals surface area contributed by atoms with Gasteiger partial charge in [0.1, 0.15) is 0 Å². The maximum atomic E-state index is 11.7. The van der Waals surface area contributed by atoms with Crippen LogP contribution in [0.1, 0.15) is 5.56 Å². The molecule has 0 aliphatic rings. The van der Waals surface area contributed by atoms with Crippen molar-refractivity contribution >= 4 is 44.0 Å². The molecule has 0 aromatic heterocycles. The summed E-state index contributed by atoms with van der Waals surface area (Å²) in [5.41, 5.74) is 2.73. The molecule has 0 fully saturated rings. The van der Waals surface area contributed by atoms with Crippen molar-refractivity contribution in [2.75, 3.05) is 6.61 Å². The molecule has 126 valence electrons. The number of nitrogens with one attached hydrogen (secondary N) is 1. The Hall–Kier alpha value is -2.26. The fourth-order valence-corrected chi connectivity index (χ4v) is 2.98. The number of rotatable bonds is 5. The van der Waals surface area contributed by atoms with Crippen LogP contribution in [-0.4, -0.2) is 34.0 Å². The van der Waals surface area contributed by atoms with E-state index >= 15 is 0 Å². The highest BCUT2D eigenvalue weighted by Gasteiger charge is 2.11. The predicted molar refractivity (Wildman–Crippen MR) is 94.5 cm³/mol. The Labute approximate surface area is 153 Å². The molecule has 0 saturated heterocycles. The highest BCUT2D eigenvalue weighted by atomic mass is 79.9. The van der Waals surface area contributed by atoms with Crippen molar-refractivity contribution in [1.29, 1.82) is 0 Å². The zero-order chi connectivity index (χ0) is 17.7. The summed E-state index contributed by atoms with van der Waals surface area (Å²) in [4.78, 5) is 11.7. The molecule has 0 atom stereocenters. The first-order chi connectivity index (χ1) is 11.4. The lowest BCUT2D eigenvalue weighted by molar-refractivity contribution is -0.123. The van der Waals surface area contributed by atoms with Gasteiger partial charge in [0, 0.05) is 4.47 Å². The summed E-state index contributed by atoms with van der Waals surface area (Å²) in [6.07, 6.45) is 1.30. The number of hydrogen-bond donors (Lipinski definition) is 4. The number of phenolic OH excluding ortho intramolecular Hbond substituents is 3. The number of benzene rings is 2. The molecule has 0 aliphatic heterocycles. The van der Waals surface area contributed by atoms with E-state index in [4.69, 9.17) is 4.74 Å². The van der Waals surface area contributed by atoms with E-state index in [0.717, 1.165) is 0 Å². The van der Waals surface area contributed by atoms with Crippen molar-refractivity contribution in [2.45, 2.75) is 0 Å². The predicted octanol–water partition coefficient (Wildman–Crippen LogP) is 2.86. The number of carbonyl (C=O) groups excluding carboxylic acids is 1. The first kappa shape index (κ1) is 18.1. The number of carbonyl (C=O) groups is 1. The van der Waals surface area contributed by atoms with Gasteiger partial charge in [-0.25, -0.2) is 5.43 Å². The van der Waals surface area contributed by atoms with Gasteiger partial charge < -0.3 is 20.1 Å². The fourth-order valence-electron chi connectivity index (χ4n) is 1.66. The van der Waals surface area contributed by atoms with Gasteiger partial charge in [-0.15, -0.1) is 0 Å². The molecule has 4 N–H and O–H groups in total. The maximum absolute atomic E-state index is 11.7. The number of aromatic hydroxyl groups is 3. The average molecular weight is 460 g/mol. The van der Waals surface area contributed by atoms with E-state index in [-0.39, 0.29) is 29.6 Å². The van der Waals surface area contributed by atoms with Crippen LogP contribution in [0.15, 0.2) is 44.4 Å². The summed E-state index contributed by atoms with van der Waals surface area (Å²) < 4.78 is 6.39. The molecule has 0 heterocycles. The van der Waals surface area contributed by atoms with Crippen LogP contribution in [0.5, 0.6) is 23.0 Å². The second-order valence-electron chi connectivity index (χ2n) is 4.57.